The molecule has 0 spiro atoms. The van der Waals surface area contributed by atoms with Crippen LogP contribution in [0, 0.1) is 0 Å². The molecule has 7 heteroatoms. The molecule has 7 nitrogen and oxygen atoms in total. The zero-order chi connectivity index (χ0) is 23.9. The van der Waals surface area contributed by atoms with E-state index >= 15 is 0 Å². The summed E-state index contributed by atoms with van der Waals surface area (Å²) in [7, 11) is 0. The molecule has 0 bridgehead atoms. The summed E-state index contributed by atoms with van der Waals surface area (Å²) in [4.78, 5) is 39.2. The molecule has 2 atom stereocenters. The van der Waals surface area contributed by atoms with Gasteiger partial charge < -0.3 is 14.8 Å². The Morgan fingerprint density at radius 3 is 2.32 bits per heavy atom. The molecule has 4 rings (SSSR count). The number of para-hydroxylation sites is 2. The molecule has 1 aliphatic rings. The molecule has 2 amide bonds. The number of hydrogen-bond donors (Lipinski definition) is 1. The van der Waals surface area contributed by atoms with Crippen molar-refractivity contribution < 1.29 is 23.9 Å². The van der Waals surface area contributed by atoms with Gasteiger partial charge in [-0.2, -0.15) is 0 Å². The molecule has 174 valence electrons. The average molecular weight is 459 g/mol. The number of anilines is 1. The number of ether oxygens (including phenoxy) is 2. The lowest BCUT2D eigenvalue weighted by molar-refractivity contribution is -0.148. The Morgan fingerprint density at radius 1 is 0.971 bits per heavy atom. The number of nitrogens with one attached hydrogen (secondary N) is 1. The quantitative estimate of drug-likeness (QED) is 0.542. The molecular weight excluding hydrogens is 432 g/mol. The highest BCUT2D eigenvalue weighted by Crippen LogP contribution is 2.39. The summed E-state index contributed by atoms with van der Waals surface area (Å²) in [5.74, 6) is -0.583. The monoisotopic (exact) mass is 458 g/mol. The molecule has 0 radical (unpaired) electrons. The molecule has 3 aromatic rings. The molecule has 1 heterocycles. The van der Waals surface area contributed by atoms with Crippen LogP contribution in [0.5, 0.6) is 5.75 Å². The standard InChI is InChI=1S/C27H26N2O5/c1-19(30)28-22(20-10-4-2-5-11-20)16-27(32)34-18-26(31)29-23-14-8-9-15-25(23)33-17-24(29)21-12-6-3-7-13-21/h2-15,22,24H,16-18H2,1H3,(H,28,30)/t22-,24+/m0/s1. The number of rotatable bonds is 7. The van der Waals surface area contributed by atoms with Gasteiger partial charge in [0.25, 0.3) is 5.91 Å². The number of nitrogens with zero attached hydrogens (tertiary/aromatic N) is 1. The summed E-state index contributed by atoms with van der Waals surface area (Å²) in [5, 5.41) is 2.77. The molecule has 0 saturated carbocycles. The minimum absolute atomic E-state index is 0.0846. The fourth-order valence-corrected chi connectivity index (χ4v) is 4.04. The molecule has 3 aromatic carbocycles. The second-order valence-corrected chi connectivity index (χ2v) is 8.00. The van der Waals surface area contributed by atoms with Crippen molar-refractivity contribution in [2.45, 2.75) is 25.4 Å². The maximum absolute atomic E-state index is 13.3. The van der Waals surface area contributed by atoms with E-state index in [4.69, 9.17) is 9.47 Å². The first-order valence-electron chi connectivity index (χ1n) is 11.1. The Kier molecular flexibility index (Phi) is 7.22. The van der Waals surface area contributed by atoms with Crippen LogP contribution in [-0.4, -0.2) is 31.0 Å². The Bertz CT molecular complexity index is 1150. The van der Waals surface area contributed by atoms with Gasteiger partial charge in [-0.05, 0) is 23.3 Å². The fraction of sp³-hybridized carbons (Fsp3) is 0.222. The van der Waals surface area contributed by atoms with Crippen LogP contribution in [-0.2, 0) is 19.1 Å². The first-order valence-corrected chi connectivity index (χ1v) is 11.1. The molecule has 0 unspecified atom stereocenters. The third-order valence-corrected chi connectivity index (χ3v) is 5.59. The second-order valence-electron chi connectivity index (χ2n) is 8.00. The third kappa shape index (κ3) is 5.43. The zero-order valence-electron chi connectivity index (χ0n) is 18.8. The van der Waals surface area contributed by atoms with Crippen LogP contribution in [0.4, 0.5) is 5.69 Å². The highest BCUT2D eigenvalue weighted by Gasteiger charge is 2.33. The minimum atomic E-state index is -0.575. The SMILES string of the molecule is CC(=O)N[C@@H](CC(=O)OCC(=O)N1c2ccccc2OC[C@@H]1c1ccccc1)c1ccccc1. The Labute approximate surface area is 198 Å². The van der Waals surface area contributed by atoms with E-state index in [0.717, 1.165) is 11.1 Å². The van der Waals surface area contributed by atoms with Gasteiger partial charge >= 0.3 is 5.97 Å². The average Bonchev–Trinajstić information content (AvgIpc) is 2.87. The molecule has 1 N–H and O–H groups in total. The van der Waals surface area contributed by atoms with Crippen molar-refractivity contribution in [1.82, 2.24) is 5.32 Å². The van der Waals surface area contributed by atoms with Gasteiger partial charge in [0.2, 0.25) is 5.91 Å². The summed E-state index contributed by atoms with van der Waals surface area (Å²) in [6.07, 6.45) is -0.0846. The van der Waals surface area contributed by atoms with E-state index in [1.54, 1.807) is 11.0 Å². The van der Waals surface area contributed by atoms with E-state index in [1.165, 1.54) is 6.92 Å². The summed E-state index contributed by atoms with van der Waals surface area (Å²) < 4.78 is 11.3. The van der Waals surface area contributed by atoms with Crippen LogP contribution in [0.25, 0.3) is 0 Å². The van der Waals surface area contributed by atoms with Crippen LogP contribution in [0.15, 0.2) is 84.9 Å². The molecule has 0 aromatic heterocycles. The van der Waals surface area contributed by atoms with Crippen molar-refractivity contribution in [3.05, 3.63) is 96.1 Å². The van der Waals surface area contributed by atoms with Gasteiger partial charge in [0.1, 0.15) is 12.4 Å². The number of amides is 2. The summed E-state index contributed by atoms with van der Waals surface area (Å²) >= 11 is 0. The van der Waals surface area contributed by atoms with E-state index in [9.17, 15) is 14.4 Å². The van der Waals surface area contributed by atoms with Crippen molar-refractivity contribution >= 4 is 23.5 Å². The molecular formula is C27H26N2O5. The molecule has 0 fully saturated rings. The lowest BCUT2D eigenvalue weighted by Crippen LogP contribution is -2.43. The molecule has 0 saturated heterocycles. The topological polar surface area (TPSA) is 84.9 Å². The first-order chi connectivity index (χ1) is 16.5. The number of benzene rings is 3. The summed E-state index contributed by atoms with van der Waals surface area (Å²) in [5.41, 5.74) is 2.34. The van der Waals surface area contributed by atoms with Gasteiger partial charge in [0.05, 0.1) is 24.2 Å². The van der Waals surface area contributed by atoms with Gasteiger partial charge in [0, 0.05) is 6.92 Å². The minimum Gasteiger partial charge on any atom is -0.489 e. The number of fused-ring (bicyclic) bond motifs is 1. The Balaban J connectivity index is 1.48. The van der Waals surface area contributed by atoms with Gasteiger partial charge in [-0.1, -0.05) is 72.8 Å². The Hall–Kier alpha value is -4.13. The predicted molar refractivity (Wildman–Crippen MR) is 127 cm³/mol. The largest absolute Gasteiger partial charge is 0.489 e. The smallest absolute Gasteiger partial charge is 0.308 e. The van der Waals surface area contributed by atoms with E-state index in [0.29, 0.717) is 18.0 Å². The van der Waals surface area contributed by atoms with E-state index < -0.39 is 18.6 Å². The van der Waals surface area contributed by atoms with Crippen molar-refractivity contribution in [1.29, 1.82) is 0 Å². The lowest BCUT2D eigenvalue weighted by Gasteiger charge is -2.37. The van der Waals surface area contributed by atoms with Gasteiger partial charge in [-0.25, -0.2) is 0 Å². The molecule has 34 heavy (non-hydrogen) atoms. The van der Waals surface area contributed by atoms with Gasteiger partial charge in [0.15, 0.2) is 6.61 Å². The highest BCUT2D eigenvalue weighted by atomic mass is 16.5. The van der Waals surface area contributed by atoms with Crippen LogP contribution >= 0.6 is 0 Å². The van der Waals surface area contributed by atoms with Crippen LogP contribution < -0.4 is 15.0 Å². The molecule has 0 aliphatic carbocycles. The Morgan fingerprint density at radius 2 is 1.62 bits per heavy atom. The van der Waals surface area contributed by atoms with E-state index in [1.807, 2.05) is 78.9 Å². The zero-order valence-corrected chi connectivity index (χ0v) is 18.8. The fourth-order valence-electron chi connectivity index (χ4n) is 4.04. The number of hydrogen-bond acceptors (Lipinski definition) is 5. The normalized spacial score (nSPS) is 15.4. The van der Waals surface area contributed by atoms with Crippen molar-refractivity contribution in [2.75, 3.05) is 18.1 Å². The predicted octanol–water partition coefficient (Wildman–Crippen LogP) is 3.96. The van der Waals surface area contributed by atoms with E-state index in [-0.39, 0.29) is 24.3 Å². The van der Waals surface area contributed by atoms with Gasteiger partial charge in [-0.3, -0.25) is 19.3 Å². The van der Waals surface area contributed by atoms with Crippen molar-refractivity contribution in [3.63, 3.8) is 0 Å². The summed E-state index contributed by atoms with van der Waals surface area (Å²) in [6.45, 7) is 1.27. The maximum Gasteiger partial charge on any atom is 0.308 e. The third-order valence-electron chi connectivity index (χ3n) is 5.59. The van der Waals surface area contributed by atoms with Crippen LogP contribution in [0.3, 0.4) is 0 Å². The number of esters is 1. The lowest BCUT2D eigenvalue weighted by atomic mass is 10.0. The van der Waals surface area contributed by atoms with Crippen LogP contribution in [0.2, 0.25) is 0 Å². The maximum atomic E-state index is 13.3. The number of carbonyl (C=O) groups excluding carboxylic acids is 3. The van der Waals surface area contributed by atoms with Gasteiger partial charge in [-0.15, -0.1) is 0 Å². The highest BCUT2D eigenvalue weighted by molar-refractivity contribution is 5.97. The van der Waals surface area contributed by atoms with Crippen molar-refractivity contribution in [3.8, 4) is 5.75 Å². The van der Waals surface area contributed by atoms with E-state index in [2.05, 4.69) is 5.32 Å². The molecule has 1 aliphatic heterocycles. The summed E-state index contributed by atoms with van der Waals surface area (Å²) in [6, 6.07) is 25.2. The van der Waals surface area contributed by atoms with Crippen LogP contribution in [0.1, 0.15) is 36.6 Å². The first kappa shape index (κ1) is 23.0. The van der Waals surface area contributed by atoms with Crippen molar-refractivity contribution in [2.24, 2.45) is 0 Å². The number of carbonyl (C=O) groups is 3. The second kappa shape index (κ2) is 10.7.